The lowest BCUT2D eigenvalue weighted by Crippen LogP contribution is -2.19. The van der Waals surface area contributed by atoms with E-state index in [1.165, 1.54) is 5.48 Å². The Labute approximate surface area is 127 Å². The number of benzene rings is 1. The van der Waals surface area contributed by atoms with E-state index in [0.717, 1.165) is 16.7 Å². The Bertz CT molecular complexity index is 487. The zero-order valence-electron chi connectivity index (χ0n) is 13.8. The molecule has 0 aliphatic heterocycles. The van der Waals surface area contributed by atoms with Gasteiger partial charge in [-0.2, -0.15) is 0 Å². The van der Waals surface area contributed by atoms with Crippen LogP contribution in [0.25, 0.3) is 0 Å². The quantitative estimate of drug-likeness (QED) is 0.837. The lowest BCUT2D eigenvalue weighted by atomic mass is 9.78. The molecule has 0 saturated carbocycles. The van der Waals surface area contributed by atoms with Gasteiger partial charge in [0.25, 0.3) is 0 Å². The van der Waals surface area contributed by atoms with Crippen LogP contribution in [0, 0.1) is 5.21 Å². The zero-order valence-corrected chi connectivity index (χ0v) is 13.8. The topological polar surface area (TPSA) is 72.4 Å². The van der Waals surface area contributed by atoms with E-state index in [1.54, 1.807) is 0 Å². The van der Waals surface area contributed by atoms with Gasteiger partial charge in [0.15, 0.2) is 0 Å². The van der Waals surface area contributed by atoms with Gasteiger partial charge in [0.05, 0.1) is 0 Å². The van der Waals surface area contributed by atoms with Gasteiger partial charge in [-0.3, -0.25) is 4.79 Å². The van der Waals surface area contributed by atoms with E-state index in [4.69, 9.17) is 0 Å². The molecule has 0 unspecified atom stereocenters. The summed E-state index contributed by atoms with van der Waals surface area (Å²) in [5.74, 6) is -0.190. The SMILES string of the molecule is CC(C)(C)c1cc(CCC(=O)N[O-])cc(C(C)(C)C)c1O. The van der Waals surface area contributed by atoms with Crippen molar-refractivity contribution in [3.05, 3.63) is 34.0 Å². The third-order valence-electron chi connectivity index (χ3n) is 3.54. The van der Waals surface area contributed by atoms with E-state index < -0.39 is 5.91 Å². The predicted molar refractivity (Wildman–Crippen MR) is 85.3 cm³/mol. The molecule has 0 spiro atoms. The van der Waals surface area contributed by atoms with E-state index in [-0.39, 0.29) is 17.3 Å². The summed E-state index contributed by atoms with van der Waals surface area (Å²) in [6.07, 6.45) is 0.641. The number of hydrogen-bond donors (Lipinski definition) is 2. The van der Waals surface area contributed by atoms with Gasteiger partial charge in [-0.05, 0) is 33.9 Å². The number of phenolic OH excluding ortho intramolecular Hbond substituents is 1. The zero-order chi connectivity index (χ0) is 16.4. The Morgan fingerprint density at radius 1 is 1.10 bits per heavy atom. The van der Waals surface area contributed by atoms with Crippen molar-refractivity contribution in [2.24, 2.45) is 0 Å². The number of phenols is 1. The molecule has 0 radical (unpaired) electrons. The molecule has 21 heavy (non-hydrogen) atoms. The van der Waals surface area contributed by atoms with Crippen LogP contribution in [0.15, 0.2) is 12.1 Å². The van der Waals surface area contributed by atoms with Gasteiger partial charge in [-0.25, -0.2) is 0 Å². The molecule has 1 amide bonds. The Morgan fingerprint density at radius 2 is 1.52 bits per heavy atom. The molecule has 118 valence electrons. The average molecular weight is 292 g/mol. The van der Waals surface area contributed by atoms with E-state index in [1.807, 2.05) is 53.7 Å². The normalized spacial score (nSPS) is 12.3. The molecule has 0 bridgehead atoms. The van der Waals surface area contributed by atoms with Crippen LogP contribution in [0.5, 0.6) is 5.75 Å². The lowest BCUT2D eigenvalue weighted by Gasteiger charge is -2.28. The summed E-state index contributed by atoms with van der Waals surface area (Å²) in [7, 11) is 0. The number of aryl methyl sites for hydroxylation is 1. The molecule has 0 fully saturated rings. The molecule has 0 saturated heterocycles. The number of hydrogen-bond acceptors (Lipinski definition) is 3. The second-order valence-electron chi connectivity index (χ2n) is 7.56. The van der Waals surface area contributed by atoms with Crippen molar-refractivity contribution < 1.29 is 9.90 Å². The van der Waals surface area contributed by atoms with Gasteiger partial charge >= 0.3 is 0 Å². The number of aromatic hydroxyl groups is 1. The van der Waals surface area contributed by atoms with Crippen molar-refractivity contribution in [2.75, 3.05) is 0 Å². The maximum Gasteiger partial charge on any atom is 0.209 e. The van der Waals surface area contributed by atoms with Crippen LogP contribution < -0.4 is 5.48 Å². The fourth-order valence-electron chi connectivity index (χ4n) is 2.29. The molecule has 0 aromatic heterocycles. The highest BCUT2D eigenvalue weighted by atomic mass is 16.5. The molecule has 4 nitrogen and oxygen atoms in total. The first-order valence-electron chi connectivity index (χ1n) is 7.24. The van der Waals surface area contributed by atoms with Crippen LogP contribution in [0.4, 0.5) is 0 Å². The van der Waals surface area contributed by atoms with E-state index >= 15 is 0 Å². The van der Waals surface area contributed by atoms with Gasteiger partial charge in [-0.15, -0.1) is 0 Å². The van der Waals surface area contributed by atoms with Crippen molar-refractivity contribution in [1.82, 2.24) is 5.48 Å². The van der Waals surface area contributed by atoms with Crippen LogP contribution in [0.1, 0.15) is 64.7 Å². The standard InChI is InChI=1S/C17H26NO3/c1-16(2,3)12-9-11(7-8-14(19)18-21)10-13(15(12)20)17(4,5)6/h9-10H,7-8H2,1-6H3,(H2-,18,19,20,21)/q-1. The van der Waals surface area contributed by atoms with Gasteiger partial charge in [0.2, 0.25) is 5.91 Å². The average Bonchev–Trinajstić information content (AvgIpc) is 2.34. The summed E-state index contributed by atoms with van der Waals surface area (Å²) in [5.41, 5.74) is 3.71. The molecule has 0 aliphatic rings. The highest BCUT2D eigenvalue weighted by molar-refractivity contribution is 5.76. The van der Waals surface area contributed by atoms with Crippen LogP contribution in [0.2, 0.25) is 0 Å². The summed E-state index contributed by atoms with van der Waals surface area (Å²) in [6, 6.07) is 3.87. The molecular weight excluding hydrogens is 266 g/mol. The smallest absolute Gasteiger partial charge is 0.209 e. The molecule has 0 heterocycles. The highest BCUT2D eigenvalue weighted by Crippen LogP contribution is 2.39. The van der Waals surface area contributed by atoms with Crippen molar-refractivity contribution >= 4 is 5.91 Å². The first-order valence-corrected chi connectivity index (χ1v) is 7.24. The van der Waals surface area contributed by atoms with Crippen LogP contribution in [-0.4, -0.2) is 11.0 Å². The maximum atomic E-state index is 11.1. The first-order chi connectivity index (χ1) is 9.46. The maximum absolute atomic E-state index is 11.1. The number of hydroxylamine groups is 1. The minimum Gasteiger partial charge on any atom is -0.759 e. The van der Waals surface area contributed by atoms with Gasteiger partial charge in [-0.1, -0.05) is 53.7 Å². The number of carbonyl (C=O) groups excluding carboxylic acids is 1. The second kappa shape index (κ2) is 6.06. The van der Waals surface area contributed by atoms with Gasteiger partial charge in [0, 0.05) is 6.42 Å². The van der Waals surface area contributed by atoms with Crippen LogP contribution >= 0.6 is 0 Å². The van der Waals surface area contributed by atoms with Crippen molar-refractivity contribution in [1.29, 1.82) is 0 Å². The number of carbonyl (C=O) groups is 1. The molecule has 0 aliphatic carbocycles. The van der Waals surface area contributed by atoms with Crippen molar-refractivity contribution in [2.45, 2.75) is 65.2 Å². The third-order valence-corrected chi connectivity index (χ3v) is 3.54. The number of rotatable bonds is 3. The third kappa shape index (κ3) is 4.46. The molecular formula is C17H26NO3-. The summed E-state index contributed by atoms with van der Waals surface area (Å²) >= 11 is 0. The molecule has 2 N–H and O–H groups in total. The van der Waals surface area contributed by atoms with Crippen molar-refractivity contribution in [3.63, 3.8) is 0 Å². The molecule has 1 aromatic carbocycles. The number of amides is 1. The lowest BCUT2D eigenvalue weighted by molar-refractivity contribution is -0.120. The fourth-order valence-corrected chi connectivity index (χ4v) is 2.29. The van der Waals surface area contributed by atoms with E-state index in [0.29, 0.717) is 12.2 Å². The Balaban J connectivity index is 3.31. The summed E-state index contributed by atoms with van der Waals surface area (Å²) < 4.78 is 0. The number of nitrogens with one attached hydrogen (secondary N) is 1. The predicted octanol–water partition coefficient (Wildman–Crippen LogP) is 3.53. The highest BCUT2D eigenvalue weighted by Gasteiger charge is 2.26. The van der Waals surface area contributed by atoms with Gasteiger partial charge < -0.3 is 15.8 Å². The molecule has 4 heteroatoms. The summed E-state index contributed by atoms with van der Waals surface area (Å²) in [4.78, 5) is 11.1. The van der Waals surface area contributed by atoms with E-state index in [2.05, 4.69) is 0 Å². The van der Waals surface area contributed by atoms with Crippen LogP contribution in [-0.2, 0) is 22.0 Å². The van der Waals surface area contributed by atoms with Crippen LogP contribution in [0.3, 0.4) is 0 Å². The second-order valence-corrected chi connectivity index (χ2v) is 7.56. The van der Waals surface area contributed by atoms with E-state index in [9.17, 15) is 15.1 Å². The molecule has 1 rings (SSSR count). The minimum absolute atomic E-state index is 0.154. The monoisotopic (exact) mass is 292 g/mol. The largest absolute Gasteiger partial charge is 0.759 e. The first kappa shape index (κ1) is 17.5. The minimum atomic E-state index is -0.516. The van der Waals surface area contributed by atoms with Gasteiger partial charge in [0.1, 0.15) is 5.75 Å². The molecule has 1 aromatic rings. The molecule has 0 atom stereocenters. The summed E-state index contributed by atoms with van der Waals surface area (Å²) in [5, 5.41) is 20.9. The Hall–Kier alpha value is -1.55. The Kier molecular flexibility index (Phi) is 5.05. The summed E-state index contributed by atoms with van der Waals surface area (Å²) in [6.45, 7) is 12.3. The van der Waals surface area contributed by atoms with Crippen molar-refractivity contribution in [3.8, 4) is 5.75 Å². The fraction of sp³-hybridized carbons (Fsp3) is 0.588. The Morgan fingerprint density at radius 3 is 1.86 bits per heavy atom.